The average molecular weight is 440 g/mol. The predicted molar refractivity (Wildman–Crippen MR) is 112 cm³/mol. The second kappa shape index (κ2) is 10.2. The average Bonchev–Trinajstić information content (AvgIpc) is 2.66. The summed E-state index contributed by atoms with van der Waals surface area (Å²) in [6.45, 7) is 4.55. The minimum atomic E-state index is -0.608. The molecule has 0 radical (unpaired) electrons. The second-order valence-corrected chi connectivity index (χ2v) is 6.66. The Balaban J connectivity index is 2.34. The zero-order chi connectivity index (χ0) is 20.7. The molecule has 5 nitrogen and oxygen atoms in total. The maximum atomic E-state index is 12.5. The van der Waals surface area contributed by atoms with Gasteiger partial charge < -0.3 is 14.8 Å². The van der Waals surface area contributed by atoms with Crippen molar-refractivity contribution in [3.8, 4) is 17.6 Å². The lowest BCUT2D eigenvalue weighted by atomic mass is 10.1. The molecule has 0 saturated carbocycles. The van der Waals surface area contributed by atoms with Gasteiger partial charge in [0.15, 0.2) is 11.5 Å². The van der Waals surface area contributed by atoms with E-state index in [2.05, 4.69) is 5.32 Å². The van der Waals surface area contributed by atoms with E-state index in [0.29, 0.717) is 46.0 Å². The summed E-state index contributed by atoms with van der Waals surface area (Å²) in [4.78, 5) is 12.5. The minimum Gasteiger partial charge on any atom is -0.490 e. The lowest BCUT2D eigenvalue weighted by molar-refractivity contribution is -0.112. The number of hydrogen-bond acceptors (Lipinski definition) is 4. The first-order chi connectivity index (χ1) is 13.4. The van der Waals surface area contributed by atoms with E-state index in [1.54, 1.807) is 24.3 Å². The maximum Gasteiger partial charge on any atom is 0.266 e. The monoisotopic (exact) mass is 438 g/mol. The highest BCUT2D eigenvalue weighted by atomic mass is 35.5. The summed E-state index contributed by atoms with van der Waals surface area (Å²) in [6, 6.07) is 9.71. The fourth-order valence-electron chi connectivity index (χ4n) is 2.27. The molecule has 0 bridgehead atoms. The molecule has 0 aliphatic heterocycles. The number of amides is 1. The minimum absolute atomic E-state index is 0.139. The Labute approximate surface area is 178 Å². The predicted octanol–water partition coefficient (Wildman–Crippen LogP) is 5.99. The van der Waals surface area contributed by atoms with Crippen LogP contribution in [-0.2, 0) is 4.79 Å². The fraction of sp³-hybridized carbons (Fsp3) is 0.200. The van der Waals surface area contributed by atoms with Gasteiger partial charge in [-0.1, -0.05) is 34.8 Å². The number of benzene rings is 2. The van der Waals surface area contributed by atoms with Crippen molar-refractivity contribution in [1.82, 2.24) is 0 Å². The van der Waals surface area contributed by atoms with Gasteiger partial charge in [-0.15, -0.1) is 0 Å². The van der Waals surface area contributed by atoms with E-state index in [1.165, 1.54) is 12.1 Å². The van der Waals surface area contributed by atoms with Crippen LogP contribution in [0.5, 0.6) is 11.5 Å². The largest absolute Gasteiger partial charge is 0.490 e. The number of carbonyl (C=O) groups excluding carboxylic acids is 1. The van der Waals surface area contributed by atoms with Crippen LogP contribution >= 0.6 is 34.8 Å². The summed E-state index contributed by atoms with van der Waals surface area (Å²) in [6.07, 6.45) is 1.38. The van der Waals surface area contributed by atoms with E-state index in [9.17, 15) is 10.1 Å². The van der Waals surface area contributed by atoms with Gasteiger partial charge in [0.2, 0.25) is 0 Å². The number of hydrogen-bond donors (Lipinski definition) is 1. The Morgan fingerprint density at radius 2 is 1.68 bits per heavy atom. The molecule has 2 rings (SSSR count). The normalized spacial score (nSPS) is 10.9. The van der Waals surface area contributed by atoms with Crippen LogP contribution in [0, 0.1) is 11.3 Å². The molecule has 2 aromatic carbocycles. The molecule has 0 spiro atoms. The molecule has 1 N–H and O–H groups in total. The summed E-state index contributed by atoms with van der Waals surface area (Å²) in [7, 11) is 0. The van der Waals surface area contributed by atoms with Gasteiger partial charge >= 0.3 is 0 Å². The molecule has 8 heteroatoms. The summed E-state index contributed by atoms with van der Waals surface area (Å²) in [5.41, 5.74) is 0.724. The van der Waals surface area contributed by atoms with E-state index < -0.39 is 5.91 Å². The Morgan fingerprint density at radius 3 is 2.25 bits per heavy atom. The van der Waals surface area contributed by atoms with E-state index in [-0.39, 0.29) is 10.6 Å². The quantitative estimate of drug-likeness (QED) is 0.425. The van der Waals surface area contributed by atoms with Crippen LogP contribution in [0.3, 0.4) is 0 Å². The zero-order valence-corrected chi connectivity index (χ0v) is 17.5. The Hall–Kier alpha value is -2.39. The van der Waals surface area contributed by atoms with Crippen molar-refractivity contribution < 1.29 is 14.3 Å². The van der Waals surface area contributed by atoms with Crippen molar-refractivity contribution in [2.24, 2.45) is 0 Å². The van der Waals surface area contributed by atoms with Gasteiger partial charge in [-0.05, 0) is 49.8 Å². The van der Waals surface area contributed by atoms with Gasteiger partial charge in [0.05, 0.1) is 28.3 Å². The number of nitrogens with one attached hydrogen (secondary N) is 1. The van der Waals surface area contributed by atoms with E-state index in [4.69, 9.17) is 44.3 Å². The zero-order valence-electron chi connectivity index (χ0n) is 15.2. The van der Waals surface area contributed by atoms with Gasteiger partial charge in [-0.2, -0.15) is 5.26 Å². The van der Waals surface area contributed by atoms with Crippen molar-refractivity contribution in [2.45, 2.75) is 13.8 Å². The van der Waals surface area contributed by atoms with Crippen LogP contribution in [0.4, 0.5) is 5.69 Å². The number of anilines is 1. The third kappa shape index (κ3) is 5.56. The van der Waals surface area contributed by atoms with Crippen molar-refractivity contribution >= 4 is 52.5 Å². The third-order valence-corrected chi connectivity index (χ3v) is 4.57. The van der Waals surface area contributed by atoms with Crippen LogP contribution in [0.15, 0.2) is 35.9 Å². The summed E-state index contributed by atoms with van der Waals surface area (Å²) in [5.74, 6) is 0.358. The highest BCUT2D eigenvalue weighted by molar-refractivity contribution is 6.42. The third-order valence-electron chi connectivity index (χ3n) is 3.51. The van der Waals surface area contributed by atoms with Crippen LogP contribution in [-0.4, -0.2) is 19.1 Å². The number of rotatable bonds is 7. The van der Waals surface area contributed by atoms with Crippen molar-refractivity contribution in [1.29, 1.82) is 5.26 Å². The van der Waals surface area contributed by atoms with Gasteiger partial charge in [0, 0.05) is 11.8 Å². The van der Waals surface area contributed by atoms with Crippen LogP contribution in [0.1, 0.15) is 19.4 Å². The fourth-order valence-corrected chi connectivity index (χ4v) is 2.78. The molecular formula is C20H17Cl3N2O3. The molecule has 0 unspecified atom stereocenters. The molecule has 0 heterocycles. The lowest BCUT2D eigenvalue weighted by Gasteiger charge is -2.13. The molecule has 0 atom stereocenters. The molecule has 0 saturated heterocycles. The van der Waals surface area contributed by atoms with Crippen LogP contribution in [0.25, 0.3) is 6.08 Å². The number of carbonyl (C=O) groups is 1. The Morgan fingerprint density at radius 1 is 1.04 bits per heavy atom. The van der Waals surface area contributed by atoms with Crippen molar-refractivity contribution in [3.63, 3.8) is 0 Å². The van der Waals surface area contributed by atoms with Crippen LogP contribution in [0.2, 0.25) is 15.1 Å². The molecule has 0 aliphatic rings. The first-order valence-corrected chi connectivity index (χ1v) is 9.50. The standard InChI is InChI=1S/C20H17Cl3N2O3/c1-3-27-18-8-12(16(22)10-19(18)28-4-2)7-13(11-24)20(26)25-14-5-6-15(21)17(23)9-14/h5-10H,3-4H2,1-2H3,(H,25,26)/b13-7+. The lowest BCUT2D eigenvalue weighted by Crippen LogP contribution is -2.13. The van der Waals surface area contributed by atoms with Crippen molar-refractivity contribution in [2.75, 3.05) is 18.5 Å². The highest BCUT2D eigenvalue weighted by Gasteiger charge is 2.14. The van der Waals surface area contributed by atoms with E-state index in [0.717, 1.165) is 0 Å². The van der Waals surface area contributed by atoms with E-state index >= 15 is 0 Å². The molecule has 1 amide bonds. The highest BCUT2D eigenvalue weighted by Crippen LogP contribution is 2.35. The Kier molecular flexibility index (Phi) is 8.01. The Bertz CT molecular complexity index is 952. The molecule has 28 heavy (non-hydrogen) atoms. The summed E-state index contributed by atoms with van der Waals surface area (Å²) < 4.78 is 11.1. The maximum absolute atomic E-state index is 12.5. The smallest absolute Gasteiger partial charge is 0.266 e. The summed E-state index contributed by atoms with van der Waals surface area (Å²) in [5, 5.41) is 13.0. The topological polar surface area (TPSA) is 71.3 Å². The molecule has 0 aromatic heterocycles. The summed E-state index contributed by atoms with van der Waals surface area (Å²) >= 11 is 18.1. The SMILES string of the molecule is CCOc1cc(Cl)c(/C=C(\C#N)C(=O)Nc2ccc(Cl)c(Cl)c2)cc1OCC. The number of nitriles is 1. The first kappa shape index (κ1) is 21.9. The van der Waals surface area contributed by atoms with E-state index in [1.807, 2.05) is 19.9 Å². The van der Waals surface area contributed by atoms with Gasteiger partial charge in [0.25, 0.3) is 5.91 Å². The second-order valence-electron chi connectivity index (χ2n) is 5.44. The van der Waals surface area contributed by atoms with Gasteiger partial charge in [-0.3, -0.25) is 4.79 Å². The number of ether oxygens (including phenoxy) is 2. The first-order valence-electron chi connectivity index (χ1n) is 8.36. The van der Waals surface area contributed by atoms with Crippen LogP contribution < -0.4 is 14.8 Å². The molecular weight excluding hydrogens is 423 g/mol. The van der Waals surface area contributed by atoms with Crippen molar-refractivity contribution in [3.05, 3.63) is 56.5 Å². The van der Waals surface area contributed by atoms with Gasteiger partial charge in [0.1, 0.15) is 11.6 Å². The molecule has 2 aromatic rings. The molecule has 0 aliphatic carbocycles. The molecule has 0 fully saturated rings. The molecule has 146 valence electrons. The van der Waals surface area contributed by atoms with Gasteiger partial charge in [-0.25, -0.2) is 0 Å². The number of nitrogens with zero attached hydrogens (tertiary/aromatic N) is 1. The number of halogens is 3.